The molecule has 0 aromatic heterocycles. The maximum absolute atomic E-state index is 13.2. The van der Waals surface area contributed by atoms with E-state index in [1.807, 2.05) is 30.3 Å². The summed E-state index contributed by atoms with van der Waals surface area (Å²) in [5.41, 5.74) is 1.99. The van der Waals surface area contributed by atoms with Crippen LogP contribution in [0.15, 0.2) is 46.9 Å². The van der Waals surface area contributed by atoms with Crippen molar-refractivity contribution in [2.75, 3.05) is 5.75 Å². The summed E-state index contributed by atoms with van der Waals surface area (Å²) < 4.78 is 1.03. The average Bonchev–Trinajstić information content (AvgIpc) is 3.28. The molecule has 1 saturated carbocycles. The van der Waals surface area contributed by atoms with Gasteiger partial charge < -0.3 is 10.2 Å². The minimum Gasteiger partial charge on any atom is -0.352 e. The van der Waals surface area contributed by atoms with E-state index in [0.29, 0.717) is 22.3 Å². The molecule has 0 spiro atoms. The molecule has 172 valence electrons. The Morgan fingerprint density at radius 3 is 2.41 bits per heavy atom. The van der Waals surface area contributed by atoms with Gasteiger partial charge in [-0.05, 0) is 55.2 Å². The van der Waals surface area contributed by atoms with E-state index < -0.39 is 6.04 Å². The van der Waals surface area contributed by atoms with E-state index in [9.17, 15) is 9.59 Å². The van der Waals surface area contributed by atoms with Crippen LogP contribution < -0.4 is 5.32 Å². The smallest absolute Gasteiger partial charge is 0.242 e. The fourth-order valence-electron chi connectivity index (χ4n) is 3.73. The molecule has 3 rings (SSSR count). The Balaban J connectivity index is 1.67. The van der Waals surface area contributed by atoms with Crippen molar-refractivity contribution < 1.29 is 9.59 Å². The molecule has 32 heavy (non-hydrogen) atoms. The normalized spacial score (nSPS) is 14.9. The van der Waals surface area contributed by atoms with Gasteiger partial charge in [0.15, 0.2) is 0 Å². The van der Waals surface area contributed by atoms with Crippen molar-refractivity contribution in [3.05, 3.63) is 68.1 Å². The van der Waals surface area contributed by atoms with Crippen molar-refractivity contribution in [2.24, 2.45) is 0 Å². The molecule has 2 aromatic rings. The first-order valence-corrected chi connectivity index (χ1v) is 13.4. The quantitative estimate of drug-likeness (QED) is 0.384. The Morgan fingerprint density at radius 1 is 1.09 bits per heavy atom. The molecule has 0 unspecified atom stereocenters. The van der Waals surface area contributed by atoms with Crippen molar-refractivity contribution in [1.82, 2.24) is 10.2 Å². The summed E-state index contributed by atoms with van der Waals surface area (Å²) in [7, 11) is 0. The fourth-order valence-corrected chi connectivity index (χ4v) is 5.18. The molecule has 1 fully saturated rings. The zero-order chi connectivity index (χ0) is 23.1. The SMILES string of the molecule is C[C@@H](C(=O)NC1CCCC1)N(Cc1ccc(Cl)c(Cl)c1)C(=O)CSCc1ccc(Br)cc1. The van der Waals surface area contributed by atoms with Crippen molar-refractivity contribution >= 4 is 62.7 Å². The molecule has 1 aliphatic carbocycles. The van der Waals surface area contributed by atoms with Crippen LogP contribution in [0.2, 0.25) is 10.0 Å². The molecule has 4 nitrogen and oxygen atoms in total. The van der Waals surface area contributed by atoms with Gasteiger partial charge in [0.25, 0.3) is 0 Å². The van der Waals surface area contributed by atoms with Crippen LogP contribution in [0.5, 0.6) is 0 Å². The molecule has 1 atom stereocenters. The number of rotatable bonds is 9. The zero-order valence-electron chi connectivity index (χ0n) is 18.0. The first kappa shape index (κ1) is 25.4. The van der Waals surface area contributed by atoms with Gasteiger partial charge in [0.2, 0.25) is 11.8 Å². The monoisotopic (exact) mass is 556 g/mol. The number of nitrogens with zero attached hydrogens (tertiary/aromatic N) is 1. The molecular weight excluding hydrogens is 531 g/mol. The molecular formula is C24H27BrCl2N2O2S. The van der Waals surface area contributed by atoms with Gasteiger partial charge in [0.05, 0.1) is 15.8 Å². The Kier molecular flexibility index (Phi) is 9.77. The van der Waals surface area contributed by atoms with Crippen LogP contribution in [-0.4, -0.2) is 34.6 Å². The van der Waals surface area contributed by atoms with Crippen LogP contribution in [0.4, 0.5) is 0 Å². The Hall–Kier alpha value is -1.21. The van der Waals surface area contributed by atoms with Gasteiger partial charge in [-0.2, -0.15) is 0 Å². The third-order valence-corrected chi connectivity index (χ3v) is 7.87. The highest BCUT2D eigenvalue weighted by molar-refractivity contribution is 9.10. The summed E-state index contributed by atoms with van der Waals surface area (Å²) in [6, 6.07) is 13.0. The summed E-state index contributed by atoms with van der Waals surface area (Å²) >= 11 is 17.2. The maximum Gasteiger partial charge on any atom is 0.242 e. The lowest BCUT2D eigenvalue weighted by Crippen LogP contribution is -2.50. The number of carbonyl (C=O) groups is 2. The number of nitrogens with one attached hydrogen (secondary N) is 1. The third-order valence-electron chi connectivity index (χ3n) is 5.61. The van der Waals surface area contributed by atoms with Crippen LogP contribution in [0.25, 0.3) is 0 Å². The Morgan fingerprint density at radius 2 is 1.75 bits per heavy atom. The molecule has 1 aliphatic rings. The molecule has 1 N–H and O–H groups in total. The van der Waals surface area contributed by atoms with E-state index in [4.69, 9.17) is 23.2 Å². The second-order valence-corrected chi connectivity index (χ2v) is 10.8. The van der Waals surface area contributed by atoms with Gasteiger partial charge in [-0.25, -0.2) is 0 Å². The molecule has 0 aliphatic heterocycles. The van der Waals surface area contributed by atoms with E-state index in [2.05, 4.69) is 21.2 Å². The summed E-state index contributed by atoms with van der Waals surface area (Å²) in [6.07, 6.45) is 4.28. The average molecular weight is 558 g/mol. The van der Waals surface area contributed by atoms with Crippen molar-refractivity contribution in [2.45, 2.75) is 57.0 Å². The molecule has 0 saturated heterocycles. The number of hydrogen-bond donors (Lipinski definition) is 1. The zero-order valence-corrected chi connectivity index (χ0v) is 21.9. The van der Waals surface area contributed by atoms with Gasteiger partial charge in [0.1, 0.15) is 6.04 Å². The summed E-state index contributed by atoms with van der Waals surface area (Å²) in [5, 5.41) is 4.01. The molecule has 0 radical (unpaired) electrons. The van der Waals surface area contributed by atoms with Crippen LogP contribution in [0, 0.1) is 0 Å². The van der Waals surface area contributed by atoms with E-state index in [-0.39, 0.29) is 17.9 Å². The fraction of sp³-hybridized carbons (Fsp3) is 0.417. The van der Waals surface area contributed by atoms with E-state index >= 15 is 0 Å². The van der Waals surface area contributed by atoms with Crippen LogP contribution in [0.3, 0.4) is 0 Å². The number of benzene rings is 2. The molecule has 8 heteroatoms. The second-order valence-electron chi connectivity index (χ2n) is 8.06. The van der Waals surface area contributed by atoms with E-state index in [1.165, 1.54) is 0 Å². The lowest BCUT2D eigenvalue weighted by Gasteiger charge is -2.30. The number of halogens is 3. The summed E-state index contributed by atoms with van der Waals surface area (Å²) in [5.74, 6) is 0.830. The summed E-state index contributed by atoms with van der Waals surface area (Å²) in [6.45, 7) is 2.09. The van der Waals surface area contributed by atoms with Gasteiger partial charge in [-0.3, -0.25) is 9.59 Å². The van der Waals surface area contributed by atoms with Crippen LogP contribution in [-0.2, 0) is 21.9 Å². The number of amides is 2. The van der Waals surface area contributed by atoms with Gasteiger partial charge in [-0.1, -0.05) is 70.2 Å². The van der Waals surface area contributed by atoms with Gasteiger partial charge in [0, 0.05) is 22.8 Å². The van der Waals surface area contributed by atoms with Crippen molar-refractivity contribution in [3.63, 3.8) is 0 Å². The highest BCUT2D eigenvalue weighted by Gasteiger charge is 2.28. The Bertz CT molecular complexity index is 936. The molecule has 2 aromatic carbocycles. The minimum absolute atomic E-state index is 0.0766. The first-order valence-electron chi connectivity index (χ1n) is 10.7. The van der Waals surface area contributed by atoms with Crippen molar-refractivity contribution in [1.29, 1.82) is 0 Å². The lowest BCUT2D eigenvalue weighted by molar-refractivity contribution is -0.138. The standard InChI is InChI=1S/C24H27BrCl2N2O2S/c1-16(24(31)28-20-4-2-3-5-20)29(13-18-8-11-21(26)22(27)12-18)23(30)15-32-14-17-6-9-19(25)10-7-17/h6-12,16,20H,2-5,13-15H2,1H3,(H,28,31)/t16-/m0/s1. The number of thioether (sulfide) groups is 1. The second kappa shape index (κ2) is 12.3. The van der Waals surface area contributed by atoms with Gasteiger partial charge >= 0.3 is 0 Å². The van der Waals surface area contributed by atoms with E-state index in [0.717, 1.165) is 47.0 Å². The summed E-state index contributed by atoms with van der Waals surface area (Å²) in [4.78, 5) is 27.7. The van der Waals surface area contributed by atoms with Gasteiger partial charge in [-0.15, -0.1) is 11.8 Å². The lowest BCUT2D eigenvalue weighted by atomic mass is 10.1. The highest BCUT2D eigenvalue weighted by Crippen LogP contribution is 2.25. The molecule has 0 heterocycles. The number of hydrogen-bond acceptors (Lipinski definition) is 3. The number of carbonyl (C=O) groups excluding carboxylic acids is 2. The van der Waals surface area contributed by atoms with Crippen LogP contribution in [0.1, 0.15) is 43.7 Å². The topological polar surface area (TPSA) is 49.4 Å². The van der Waals surface area contributed by atoms with Crippen molar-refractivity contribution in [3.8, 4) is 0 Å². The molecule has 2 amide bonds. The third kappa shape index (κ3) is 7.41. The Labute approximate surface area is 212 Å². The highest BCUT2D eigenvalue weighted by atomic mass is 79.9. The minimum atomic E-state index is -0.578. The predicted molar refractivity (Wildman–Crippen MR) is 137 cm³/mol. The maximum atomic E-state index is 13.2. The largest absolute Gasteiger partial charge is 0.352 e. The van der Waals surface area contributed by atoms with E-state index in [1.54, 1.807) is 35.7 Å². The first-order chi connectivity index (χ1) is 15.3. The van der Waals surface area contributed by atoms with Crippen LogP contribution >= 0.6 is 50.9 Å². The molecule has 0 bridgehead atoms. The predicted octanol–water partition coefficient (Wildman–Crippen LogP) is 6.47.